The van der Waals surface area contributed by atoms with Gasteiger partial charge in [-0.2, -0.15) is 0 Å². The van der Waals surface area contributed by atoms with Gasteiger partial charge in [0.25, 0.3) is 0 Å². The minimum atomic E-state index is -0.446. The fraction of sp³-hybridized carbons (Fsp3) is 0.424. The number of halogens is 2. The molecule has 0 bridgehead atoms. The highest BCUT2D eigenvalue weighted by Gasteiger charge is 2.47. The Bertz CT molecular complexity index is 1380. The lowest BCUT2D eigenvalue weighted by Gasteiger charge is -2.26. The Hall–Kier alpha value is -3.45. The van der Waals surface area contributed by atoms with Crippen LogP contribution in [0.2, 0.25) is 0 Å². The topological polar surface area (TPSA) is 54.0 Å². The number of rotatable bonds is 12. The molecule has 2 fully saturated rings. The fourth-order valence-corrected chi connectivity index (χ4v) is 5.63. The summed E-state index contributed by atoms with van der Waals surface area (Å²) in [5.41, 5.74) is 3.27. The fourth-order valence-electron chi connectivity index (χ4n) is 5.63. The Kier molecular flexibility index (Phi) is 8.13. The molecule has 3 aromatic carbocycles. The van der Waals surface area contributed by atoms with Crippen LogP contribution >= 0.6 is 0 Å². The first-order valence-electron chi connectivity index (χ1n) is 13.8. The summed E-state index contributed by atoms with van der Waals surface area (Å²) in [6, 6.07) is 15.5. The molecule has 0 N–H and O–H groups in total. The number of carbonyl (C=O) groups is 1. The van der Waals surface area contributed by atoms with E-state index in [-0.39, 0.29) is 53.9 Å². The van der Waals surface area contributed by atoms with Crippen LogP contribution in [0.25, 0.3) is 11.1 Å². The molecule has 0 aliphatic heterocycles. The van der Waals surface area contributed by atoms with Crippen LogP contribution in [0.3, 0.4) is 0 Å². The van der Waals surface area contributed by atoms with Crippen LogP contribution in [0.15, 0.2) is 54.6 Å². The molecule has 40 heavy (non-hydrogen) atoms. The van der Waals surface area contributed by atoms with Crippen molar-refractivity contribution < 1.29 is 32.5 Å². The number of ether oxygens (including phenoxy) is 4. The molecule has 2 aliphatic rings. The molecule has 212 valence electrons. The van der Waals surface area contributed by atoms with Gasteiger partial charge in [-0.25, -0.2) is 8.78 Å². The molecular formula is C33H36F2O5. The van der Waals surface area contributed by atoms with Crippen LogP contribution in [0.1, 0.15) is 67.7 Å². The van der Waals surface area contributed by atoms with Crippen molar-refractivity contribution in [2.75, 3.05) is 21.3 Å². The molecule has 0 heterocycles. The molecule has 2 atom stereocenters. The monoisotopic (exact) mass is 550 g/mol. The lowest BCUT2D eigenvalue weighted by molar-refractivity contribution is -0.141. The number of hydrogen-bond donors (Lipinski definition) is 0. The van der Waals surface area contributed by atoms with Crippen molar-refractivity contribution in [3.05, 3.63) is 82.9 Å². The standard InChI is InChI=1S/C33H36F2O5/c1-33(14-15-33)32(39-4)27-16-20(8-12-23(27)26-17-22(37-2)11-13-28(26)34)19-40-29-7-5-6-24(31(29)35)25(21-9-10-21)18-30(36)38-3/h5-8,11-13,16-17,21,25,32H,9-10,14-15,18-19H2,1-4H3/t25-,32+/m1/s1. The molecule has 3 aromatic rings. The average molecular weight is 551 g/mol. The number of methoxy groups -OCH3 is 3. The van der Waals surface area contributed by atoms with Crippen LogP contribution < -0.4 is 9.47 Å². The van der Waals surface area contributed by atoms with Crippen LogP contribution in [0, 0.1) is 23.0 Å². The predicted molar refractivity (Wildman–Crippen MR) is 148 cm³/mol. The van der Waals surface area contributed by atoms with Gasteiger partial charge in [0.2, 0.25) is 0 Å². The van der Waals surface area contributed by atoms with Crippen LogP contribution in [-0.2, 0) is 20.9 Å². The first-order chi connectivity index (χ1) is 19.3. The molecule has 5 rings (SSSR count). The Morgan fingerprint density at radius 3 is 2.40 bits per heavy atom. The van der Waals surface area contributed by atoms with E-state index in [1.165, 1.54) is 13.2 Å². The lowest BCUT2D eigenvalue weighted by Crippen LogP contribution is -2.15. The van der Waals surface area contributed by atoms with E-state index in [1.54, 1.807) is 44.6 Å². The Morgan fingerprint density at radius 2 is 1.75 bits per heavy atom. The van der Waals surface area contributed by atoms with Gasteiger partial charge in [-0.05, 0) is 89.6 Å². The highest BCUT2D eigenvalue weighted by molar-refractivity contribution is 5.71. The van der Waals surface area contributed by atoms with E-state index in [1.807, 2.05) is 18.2 Å². The van der Waals surface area contributed by atoms with Crippen molar-refractivity contribution in [3.63, 3.8) is 0 Å². The van der Waals surface area contributed by atoms with Crippen molar-refractivity contribution in [1.82, 2.24) is 0 Å². The molecule has 2 aliphatic carbocycles. The number of carbonyl (C=O) groups excluding carboxylic acids is 1. The van der Waals surface area contributed by atoms with Gasteiger partial charge in [0.15, 0.2) is 11.6 Å². The summed E-state index contributed by atoms with van der Waals surface area (Å²) in [5.74, 6) is -0.410. The lowest BCUT2D eigenvalue weighted by atomic mass is 9.87. The second-order valence-corrected chi connectivity index (χ2v) is 11.2. The molecule has 0 amide bonds. The first kappa shape index (κ1) is 28.1. The maximum atomic E-state index is 15.6. The molecular weight excluding hydrogens is 514 g/mol. The van der Waals surface area contributed by atoms with E-state index in [4.69, 9.17) is 18.9 Å². The molecule has 0 aromatic heterocycles. The summed E-state index contributed by atoms with van der Waals surface area (Å²) in [5, 5.41) is 0. The van der Waals surface area contributed by atoms with Gasteiger partial charge in [0.1, 0.15) is 18.2 Å². The zero-order chi connectivity index (χ0) is 28.4. The minimum absolute atomic E-state index is 0.0454. The highest BCUT2D eigenvalue weighted by atomic mass is 19.1. The quantitative estimate of drug-likeness (QED) is 0.216. The van der Waals surface area contributed by atoms with Gasteiger partial charge in [0, 0.05) is 18.6 Å². The van der Waals surface area contributed by atoms with E-state index >= 15 is 8.78 Å². The van der Waals surface area contributed by atoms with Crippen LogP contribution in [0.4, 0.5) is 8.78 Å². The van der Waals surface area contributed by atoms with E-state index in [0.29, 0.717) is 16.9 Å². The summed E-state index contributed by atoms with van der Waals surface area (Å²) in [7, 11) is 4.58. The largest absolute Gasteiger partial charge is 0.497 e. The summed E-state index contributed by atoms with van der Waals surface area (Å²) in [6.45, 7) is 2.29. The van der Waals surface area contributed by atoms with Gasteiger partial charge >= 0.3 is 5.97 Å². The second-order valence-electron chi connectivity index (χ2n) is 11.2. The van der Waals surface area contributed by atoms with Crippen molar-refractivity contribution in [2.45, 2.75) is 57.7 Å². The smallest absolute Gasteiger partial charge is 0.306 e. The van der Waals surface area contributed by atoms with Gasteiger partial charge < -0.3 is 18.9 Å². The number of benzene rings is 3. The summed E-state index contributed by atoms with van der Waals surface area (Å²) < 4.78 is 52.9. The maximum Gasteiger partial charge on any atom is 0.306 e. The third-order valence-corrected chi connectivity index (χ3v) is 8.36. The molecule has 7 heteroatoms. The third kappa shape index (κ3) is 5.85. The Morgan fingerprint density at radius 1 is 0.975 bits per heavy atom. The van der Waals surface area contributed by atoms with E-state index in [2.05, 4.69) is 6.92 Å². The van der Waals surface area contributed by atoms with Crippen molar-refractivity contribution in [1.29, 1.82) is 0 Å². The first-order valence-corrected chi connectivity index (χ1v) is 13.8. The second kappa shape index (κ2) is 11.6. The summed E-state index contributed by atoms with van der Waals surface area (Å²) in [6.07, 6.45) is 3.86. The molecule has 0 saturated heterocycles. The maximum absolute atomic E-state index is 15.6. The van der Waals surface area contributed by atoms with Crippen molar-refractivity contribution in [3.8, 4) is 22.6 Å². The molecule has 0 spiro atoms. The van der Waals surface area contributed by atoms with E-state index < -0.39 is 5.82 Å². The SMILES string of the molecule is COC(=O)C[C@@H](c1cccc(OCc2ccc(-c3cc(OC)ccc3F)c([C@H](OC)C3(C)CC3)c2)c1F)C1CC1. The van der Waals surface area contributed by atoms with Crippen LogP contribution in [-0.4, -0.2) is 27.3 Å². The zero-order valence-electron chi connectivity index (χ0n) is 23.5. The Labute approximate surface area is 234 Å². The minimum Gasteiger partial charge on any atom is -0.497 e. The molecule has 0 unspecified atom stereocenters. The predicted octanol–water partition coefficient (Wildman–Crippen LogP) is 7.76. The molecule has 2 saturated carbocycles. The van der Waals surface area contributed by atoms with Crippen LogP contribution in [0.5, 0.6) is 11.5 Å². The van der Waals surface area contributed by atoms with E-state index in [9.17, 15) is 4.79 Å². The third-order valence-electron chi connectivity index (χ3n) is 8.36. The van der Waals surface area contributed by atoms with Gasteiger partial charge in [-0.3, -0.25) is 4.79 Å². The molecule has 5 nitrogen and oxygen atoms in total. The normalized spacial score (nSPS) is 17.1. The van der Waals surface area contributed by atoms with Gasteiger partial charge in [0.05, 0.1) is 26.7 Å². The number of hydrogen-bond acceptors (Lipinski definition) is 5. The average Bonchev–Trinajstić information content (AvgIpc) is 3.90. The van der Waals surface area contributed by atoms with Gasteiger partial charge in [-0.15, -0.1) is 0 Å². The van der Waals surface area contributed by atoms with Crippen molar-refractivity contribution in [2.24, 2.45) is 11.3 Å². The number of esters is 1. The Balaban J connectivity index is 1.45. The summed E-state index contributed by atoms with van der Waals surface area (Å²) in [4.78, 5) is 12.0. The highest BCUT2D eigenvalue weighted by Crippen LogP contribution is 2.57. The van der Waals surface area contributed by atoms with Gasteiger partial charge in [-0.1, -0.05) is 31.2 Å². The van der Waals surface area contributed by atoms with Crippen molar-refractivity contribution >= 4 is 5.97 Å². The molecule has 0 radical (unpaired) electrons. The van der Waals surface area contributed by atoms with E-state index in [0.717, 1.165) is 42.4 Å². The summed E-state index contributed by atoms with van der Waals surface area (Å²) >= 11 is 0. The zero-order valence-corrected chi connectivity index (χ0v) is 23.5.